The number of piperazine rings is 1. The van der Waals surface area contributed by atoms with Crippen molar-refractivity contribution in [3.63, 3.8) is 0 Å². The van der Waals surface area contributed by atoms with Crippen LogP contribution in [0.1, 0.15) is 34.1 Å². The van der Waals surface area contributed by atoms with Crippen LogP contribution >= 0.6 is 0 Å². The predicted molar refractivity (Wildman–Crippen MR) is 107 cm³/mol. The van der Waals surface area contributed by atoms with Crippen LogP contribution in [0.15, 0.2) is 48.5 Å². The Bertz CT molecular complexity index is 882. The molecule has 7 rings (SSSR count). The first-order valence-corrected chi connectivity index (χ1v) is 10.9. The third-order valence-electron chi connectivity index (χ3n) is 7.63. The van der Waals surface area contributed by atoms with E-state index in [9.17, 15) is 9.59 Å². The molecule has 2 heterocycles. The molecule has 0 spiro atoms. The van der Waals surface area contributed by atoms with Gasteiger partial charge in [0, 0.05) is 11.8 Å². The first-order valence-electron chi connectivity index (χ1n) is 10.9. The van der Waals surface area contributed by atoms with Gasteiger partial charge in [-0.3, -0.25) is 14.5 Å². The predicted octanol–water partition coefficient (Wildman–Crippen LogP) is -0.659. The Morgan fingerprint density at radius 2 is 1.24 bits per heavy atom. The van der Waals surface area contributed by atoms with Crippen LogP contribution in [0.25, 0.3) is 0 Å². The molecule has 2 amide bonds. The summed E-state index contributed by atoms with van der Waals surface area (Å²) in [5.41, 5.74) is 4.99. The standard InChI is InChI=1S/C24H25N3O2/c28-23-21-19-15-5-1-2-6-16(15)20(18-8-4-3-7-17(18)19)22(21)24(29)27(23)14-13-26-11-9-25-10-12-26/h1-8,19-22,25H,9-14H2/p+2/t19?,20?,21-,22+. The summed E-state index contributed by atoms with van der Waals surface area (Å²) in [4.78, 5) is 30.2. The van der Waals surface area contributed by atoms with E-state index in [1.165, 1.54) is 27.2 Å². The van der Waals surface area contributed by atoms with E-state index in [0.29, 0.717) is 6.54 Å². The Kier molecular flexibility index (Phi) is 3.90. The Labute approximate surface area is 170 Å². The number of carbonyl (C=O) groups is 2. The molecule has 0 aromatic heterocycles. The highest BCUT2D eigenvalue weighted by molar-refractivity contribution is 6.07. The highest BCUT2D eigenvalue weighted by atomic mass is 16.2. The number of hydrogen-bond acceptors (Lipinski definition) is 2. The van der Waals surface area contributed by atoms with Crippen molar-refractivity contribution in [1.29, 1.82) is 0 Å². The van der Waals surface area contributed by atoms with Gasteiger partial charge in [0.2, 0.25) is 11.8 Å². The fraction of sp³-hybridized carbons (Fsp3) is 0.417. The third-order valence-corrected chi connectivity index (χ3v) is 7.63. The Hall–Kier alpha value is -2.50. The molecule has 0 saturated carbocycles. The van der Waals surface area contributed by atoms with Gasteiger partial charge in [0.1, 0.15) is 26.2 Å². The van der Waals surface area contributed by atoms with Crippen molar-refractivity contribution in [2.45, 2.75) is 11.8 Å². The van der Waals surface area contributed by atoms with Gasteiger partial charge in [-0.1, -0.05) is 48.5 Å². The van der Waals surface area contributed by atoms with E-state index in [-0.39, 0.29) is 35.5 Å². The van der Waals surface area contributed by atoms with Crippen molar-refractivity contribution in [3.8, 4) is 0 Å². The van der Waals surface area contributed by atoms with Crippen molar-refractivity contribution >= 4 is 11.8 Å². The second kappa shape index (κ2) is 6.51. The molecule has 2 fully saturated rings. The lowest BCUT2D eigenvalue weighted by Gasteiger charge is -2.45. The van der Waals surface area contributed by atoms with Gasteiger partial charge >= 0.3 is 0 Å². The van der Waals surface area contributed by atoms with Gasteiger partial charge in [-0.15, -0.1) is 0 Å². The van der Waals surface area contributed by atoms with Crippen molar-refractivity contribution in [2.75, 3.05) is 39.3 Å². The fourth-order valence-corrected chi connectivity index (χ4v) is 6.36. The molecule has 2 atom stereocenters. The summed E-state index contributed by atoms with van der Waals surface area (Å²) in [6.45, 7) is 5.94. The summed E-state index contributed by atoms with van der Waals surface area (Å²) in [7, 11) is 0. The average Bonchev–Trinajstić information content (AvgIpc) is 3.03. The van der Waals surface area contributed by atoms with E-state index >= 15 is 0 Å². The molecule has 5 nitrogen and oxygen atoms in total. The number of hydrogen-bond donors (Lipinski definition) is 2. The highest BCUT2D eigenvalue weighted by Crippen LogP contribution is 2.60. The van der Waals surface area contributed by atoms with Crippen LogP contribution in [0, 0.1) is 11.8 Å². The minimum absolute atomic E-state index is 0.00998. The number of nitrogens with one attached hydrogen (secondary N) is 1. The van der Waals surface area contributed by atoms with Gasteiger partial charge in [-0.2, -0.15) is 0 Å². The zero-order valence-electron chi connectivity index (χ0n) is 16.5. The van der Waals surface area contributed by atoms with Crippen LogP contribution in [0.2, 0.25) is 0 Å². The Morgan fingerprint density at radius 1 is 0.793 bits per heavy atom. The van der Waals surface area contributed by atoms with Crippen LogP contribution in [0.5, 0.6) is 0 Å². The summed E-state index contributed by atoms with van der Waals surface area (Å²) in [6, 6.07) is 16.9. The van der Waals surface area contributed by atoms with Crippen LogP contribution < -0.4 is 10.2 Å². The molecule has 5 heteroatoms. The normalized spacial score (nSPS) is 30.3. The van der Waals surface area contributed by atoms with Crippen LogP contribution in [0.3, 0.4) is 0 Å². The third kappa shape index (κ3) is 2.41. The van der Waals surface area contributed by atoms with E-state index in [2.05, 4.69) is 53.8 Å². The molecule has 2 saturated heterocycles. The van der Waals surface area contributed by atoms with Crippen LogP contribution in [0.4, 0.5) is 0 Å². The van der Waals surface area contributed by atoms with E-state index < -0.39 is 0 Å². The second-order valence-electron chi connectivity index (χ2n) is 8.96. The molecule has 29 heavy (non-hydrogen) atoms. The number of likely N-dealkylation sites (tertiary alicyclic amines) is 1. The first-order chi connectivity index (χ1) is 14.3. The molecule has 3 N–H and O–H groups in total. The van der Waals surface area contributed by atoms with Crippen LogP contribution in [-0.2, 0) is 9.59 Å². The number of imide groups is 1. The number of rotatable bonds is 3. The molecule has 2 bridgehead atoms. The Balaban J connectivity index is 1.37. The maximum Gasteiger partial charge on any atom is 0.234 e. The van der Waals surface area contributed by atoms with Crippen molar-refractivity contribution in [1.82, 2.24) is 4.90 Å². The van der Waals surface area contributed by atoms with Gasteiger partial charge in [0.05, 0.1) is 24.9 Å². The molecule has 2 aromatic rings. The van der Waals surface area contributed by atoms with Crippen molar-refractivity contribution < 1.29 is 19.8 Å². The molecule has 0 radical (unpaired) electrons. The topological polar surface area (TPSA) is 58.4 Å². The van der Waals surface area contributed by atoms with Crippen molar-refractivity contribution in [3.05, 3.63) is 70.8 Å². The molecule has 5 aliphatic rings. The maximum atomic E-state index is 13.5. The maximum absolute atomic E-state index is 13.5. The lowest BCUT2D eigenvalue weighted by atomic mass is 9.55. The number of carbonyl (C=O) groups excluding carboxylic acids is 2. The summed E-state index contributed by atoms with van der Waals surface area (Å²) >= 11 is 0. The molecular weight excluding hydrogens is 362 g/mol. The second-order valence-corrected chi connectivity index (χ2v) is 8.96. The average molecular weight is 389 g/mol. The van der Waals surface area contributed by atoms with E-state index in [1.807, 2.05) is 0 Å². The molecule has 2 aromatic carbocycles. The fourth-order valence-electron chi connectivity index (χ4n) is 6.36. The van der Waals surface area contributed by atoms with Gasteiger partial charge in [-0.25, -0.2) is 0 Å². The van der Waals surface area contributed by atoms with Gasteiger partial charge < -0.3 is 10.2 Å². The monoisotopic (exact) mass is 389 g/mol. The minimum Gasteiger partial charge on any atom is -0.337 e. The van der Waals surface area contributed by atoms with Gasteiger partial charge in [0.25, 0.3) is 0 Å². The first kappa shape index (κ1) is 17.4. The molecule has 3 aliphatic carbocycles. The molecular formula is C24H27N3O2+2. The van der Waals surface area contributed by atoms with Gasteiger partial charge in [0.15, 0.2) is 0 Å². The van der Waals surface area contributed by atoms with Crippen LogP contribution in [-0.4, -0.2) is 56.0 Å². The SMILES string of the molecule is O=C1[C@@H]2C3c4ccccc4C(c4ccccc43)[C@@H]2C(=O)N1CC[NH+]1CC[NH2+]CC1. The minimum atomic E-state index is -0.234. The summed E-state index contributed by atoms with van der Waals surface area (Å²) < 4.78 is 0. The largest absolute Gasteiger partial charge is 0.337 e. The number of nitrogens with two attached hydrogens (primary N) is 1. The van der Waals surface area contributed by atoms with Gasteiger partial charge in [-0.05, 0) is 22.3 Å². The zero-order chi connectivity index (χ0) is 19.5. The Morgan fingerprint density at radius 3 is 1.69 bits per heavy atom. The summed E-state index contributed by atoms with van der Waals surface area (Å²) in [6.07, 6.45) is 0. The molecule has 0 unspecified atom stereocenters. The summed E-state index contributed by atoms with van der Waals surface area (Å²) in [5.74, 6) is -0.334. The number of amides is 2. The zero-order valence-corrected chi connectivity index (χ0v) is 16.5. The lowest BCUT2D eigenvalue weighted by Crippen LogP contribution is -3.20. The van der Waals surface area contributed by atoms with E-state index in [4.69, 9.17) is 0 Å². The number of nitrogens with zero attached hydrogens (tertiary/aromatic N) is 1. The highest BCUT2D eigenvalue weighted by Gasteiger charge is 2.61. The number of quaternary nitrogens is 2. The summed E-state index contributed by atoms with van der Waals surface area (Å²) in [5, 5.41) is 2.34. The van der Waals surface area contributed by atoms with E-state index in [0.717, 1.165) is 32.7 Å². The van der Waals surface area contributed by atoms with Crippen molar-refractivity contribution in [2.24, 2.45) is 11.8 Å². The van der Waals surface area contributed by atoms with E-state index in [1.54, 1.807) is 4.90 Å². The molecule has 148 valence electrons. The smallest absolute Gasteiger partial charge is 0.234 e. The molecule has 2 aliphatic heterocycles. The quantitative estimate of drug-likeness (QED) is 0.685. The lowest BCUT2D eigenvalue weighted by molar-refractivity contribution is -0.946. The number of benzene rings is 2.